The van der Waals surface area contributed by atoms with Gasteiger partial charge in [-0.1, -0.05) is 61.7 Å². The van der Waals surface area contributed by atoms with Crippen LogP contribution in [0.3, 0.4) is 0 Å². The average molecular weight is 379 g/mol. The zero-order valence-electron chi connectivity index (χ0n) is 17.1. The largest absolute Gasteiger partial charge is 0.354 e. The first-order chi connectivity index (χ1) is 13.0. The van der Waals surface area contributed by atoms with Crippen molar-refractivity contribution in [2.75, 3.05) is 13.6 Å². The number of amidine groups is 1. The third kappa shape index (κ3) is 5.86. The van der Waals surface area contributed by atoms with Gasteiger partial charge in [0.1, 0.15) is 0 Å². The Labute approximate surface area is 168 Å². The Morgan fingerprint density at radius 2 is 1.85 bits per heavy atom. The molecule has 0 amide bonds. The molecule has 0 radical (unpaired) electrons. The van der Waals surface area contributed by atoms with Crippen LogP contribution in [0.5, 0.6) is 0 Å². The summed E-state index contributed by atoms with van der Waals surface area (Å²) in [7, 11) is 2.07. The van der Waals surface area contributed by atoms with E-state index in [1.54, 1.807) is 11.8 Å². The molecule has 0 atom stereocenters. The molecule has 2 aromatic rings. The molecule has 0 N–H and O–H groups in total. The zero-order chi connectivity index (χ0) is 19.8. The summed E-state index contributed by atoms with van der Waals surface area (Å²) in [5.74, 6) is 0. The number of hydrogen-bond donors (Lipinski definition) is 0. The van der Waals surface area contributed by atoms with Gasteiger partial charge in [0, 0.05) is 18.5 Å². The van der Waals surface area contributed by atoms with Gasteiger partial charge in [0.05, 0.1) is 5.69 Å². The lowest BCUT2D eigenvalue weighted by molar-refractivity contribution is 0.546. The Kier molecular flexibility index (Phi) is 7.93. The van der Waals surface area contributed by atoms with Crippen molar-refractivity contribution < 1.29 is 0 Å². The molecule has 0 aliphatic rings. The molecule has 3 heteroatoms. The lowest BCUT2D eigenvalue weighted by Gasteiger charge is -2.19. The normalized spacial score (nSPS) is 12.2. The molecule has 0 bridgehead atoms. The van der Waals surface area contributed by atoms with Gasteiger partial charge in [-0.3, -0.25) is 0 Å². The van der Waals surface area contributed by atoms with Crippen LogP contribution in [0.1, 0.15) is 36.1 Å². The van der Waals surface area contributed by atoms with Gasteiger partial charge in [-0.15, -0.1) is 0 Å². The van der Waals surface area contributed by atoms with Crippen LogP contribution in [0.25, 0.3) is 6.08 Å². The van der Waals surface area contributed by atoms with E-state index in [1.165, 1.54) is 22.3 Å². The summed E-state index contributed by atoms with van der Waals surface area (Å²) >= 11 is 1.65. The first kappa shape index (κ1) is 21.0. The predicted octanol–water partition coefficient (Wildman–Crippen LogP) is 6.77. The number of rotatable bonds is 6. The number of aryl methyl sites for hydroxylation is 2. The Hall–Kier alpha value is -2.26. The highest BCUT2D eigenvalue weighted by atomic mass is 32.2. The van der Waals surface area contributed by atoms with Crippen molar-refractivity contribution in [3.63, 3.8) is 0 Å². The molecule has 0 heterocycles. The number of hydrogen-bond acceptors (Lipinski definition) is 2. The van der Waals surface area contributed by atoms with Crippen LogP contribution >= 0.6 is 11.8 Å². The fourth-order valence-corrected chi connectivity index (χ4v) is 3.67. The fraction of sp³-hybridized carbons (Fsp3) is 0.292. The van der Waals surface area contributed by atoms with E-state index >= 15 is 0 Å². The van der Waals surface area contributed by atoms with E-state index in [0.717, 1.165) is 28.7 Å². The summed E-state index contributed by atoms with van der Waals surface area (Å²) < 4.78 is 0. The third-order valence-electron chi connectivity index (χ3n) is 4.68. The summed E-state index contributed by atoms with van der Waals surface area (Å²) in [5.41, 5.74) is 6.30. The number of aliphatic imine (C=N–C) groups is 1. The van der Waals surface area contributed by atoms with Crippen molar-refractivity contribution in [3.05, 3.63) is 82.3 Å². The molecule has 0 spiro atoms. The molecule has 2 nitrogen and oxygen atoms in total. The summed E-state index contributed by atoms with van der Waals surface area (Å²) in [5, 5.41) is 0.967. The highest BCUT2D eigenvalue weighted by Crippen LogP contribution is 2.27. The van der Waals surface area contributed by atoms with Crippen LogP contribution in [-0.2, 0) is 6.42 Å². The molecule has 0 aromatic heterocycles. The minimum atomic E-state index is 0.896. The minimum absolute atomic E-state index is 0.896. The van der Waals surface area contributed by atoms with Crippen molar-refractivity contribution in [2.45, 2.75) is 34.1 Å². The number of benzene rings is 2. The first-order valence-corrected chi connectivity index (χ1v) is 10.3. The van der Waals surface area contributed by atoms with Gasteiger partial charge < -0.3 is 4.90 Å². The Morgan fingerprint density at radius 3 is 2.44 bits per heavy atom. The van der Waals surface area contributed by atoms with E-state index in [0.29, 0.717) is 0 Å². The average Bonchev–Trinajstić information content (AvgIpc) is 2.69. The maximum atomic E-state index is 4.84. The topological polar surface area (TPSA) is 15.6 Å². The monoisotopic (exact) mass is 378 g/mol. The number of para-hydroxylation sites is 1. The first-order valence-electron chi connectivity index (χ1n) is 9.45. The van der Waals surface area contributed by atoms with E-state index in [-0.39, 0.29) is 0 Å². The van der Waals surface area contributed by atoms with Crippen LogP contribution in [0.2, 0.25) is 0 Å². The molecule has 0 unspecified atom stereocenters. The second-order valence-corrected chi connectivity index (χ2v) is 7.61. The molecule has 142 valence electrons. The van der Waals surface area contributed by atoms with Crippen LogP contribution in [0, 0.1) is 13.8 Å². The number of thioether (sulfide) groups is 1. The van der Waals surface area contributed by atoms with Crippen LogP contribution < -0.4 is 0 Å². The maximum Gasteiger partial charge on any atom is 0.168 e. The smallest absolute Gasteiger partial charge is 0.168 e. The number of nitrogens with zero attached hydrogens (tertiary/aromatic N) is 2. The van der Waals surface area contributed by atoms with Crippen molar-refractivity contribution in [2.24, 2.45) is 4.99 Å². The molecule has 0 saturated carbocycles. The van der Waals surface area contributed by atoms with Gasteiger partial charge in [-0.25, -0.2) is 4.99 Å². The second kappa shape index (κ2) is 10.2. The van der Waals surface area contributed by atoms with Gasteiger partial charge in [0.25, 0.3) is 0 Å². The van der Waals surface area contributed by atoms with Crippen LogP contribution in [0.4, 0.5) is 5.69 Å². The lowest BCUT2D eigenvalue weighted by Crippen LogP contribution is -2.23. The van der Waals surface area contributed by atoms with Crippen molar-refractivity contribution in [3.8, 4) is 0 Å². The SMILES string of the molecule is C=C/C(=C/c1cc(C)c(C)c(CC)c1)S/C(=N\c1ccccc1)N(C)CC. The van der Waals surface area contributed by atoms with E-state index in [4.69, 9.17) is 4.99 Å². The second-order valence-electron chi connectivity index (χ2n) is 6.57. The molecule has 2 aromatic carbocycles. The Morgan fingerprint density at radius 1 is 1.15 bits per heavy atom. The van der Waals surface area contributed by atoms with E-state index < -0.39 is 0 Å². The van der Waals surface area contributed by atoms with Crippen molar-refractivity contribution >= 4 is 28.7 Å². The Balaban J connectivity index is 2.37. The molecule has 0 aliphatic heterocycles. The highest BCUT2D eigenvalue weighted by Gasteiger charge is 2.09. The summed E-state index contributed by atoms with van der Waals surface area (Å²) in [4.78, 5) is 8.09. The van der Waals surface area contributed by atoms with Crippen molar-refractivity contribution in [1.82, 2.24) is 4.90 Å². The van der Waals surface area contributed by atoms with Crippen LogP contribution in [0.15, 0.2) is 65.0 Å². The van der Waals surface area contributed by atoms with E-state index in [2.05, 4.69) is 64.4 Å². The minimum Gasteiger partial charge on any atom is -0.354 e. The predicted molar refractivity (Wildman–Crippen MR) is 123 cm³/mol. The summed E-state index contributed by atoms with van der Waals surface area (Å²) in [6, 6.07) is 14.6. The van der Waals surface area contributed by atoms with Crippen molar-refractivity contribution in [1.29, 1.82) is 0 Å². The summed E-state index contributed by atoms with van der Waals surface area (Å²) in [6.07, 6.45) is 5.16. The standard InChI is InChI=1S/C24H30N2S/c1-7-21-16-20(15-18(4)19(21)5)17-23(8-2)27-24(26(6)9-3)25-22-13-11-10-12-14-22/h8,10-17H,2,7,9H2,1,3-6H3/b23-17-,25-24-. The van der Waals surface area contributed by atoms with Gasteiger partial charge >= 0.3 is 0 Å². The van der Waals surface area contributed by atoms with Gasteiger partial charge in [-0.2, -0.15) is 0 Å². The van der Waals surface area contributed by atoms with Gasteiger partial charge in [0.15, 0.2) is 5.17 Å². The van der Waals surface area contributed by atoms with Gasteiger partial charge in [0.2, 0.25) is 0 Å². The molecule has 27 heavy (non-hydrogen) atoms. The zero-order valence-corrected chi connectivity index (χ0v) is 17.9. The lowest BCUT2D eigenvalue weighted by atomic mass is 9.98. The third-order valence-corrected chi connectivity index (χ3v) is 5.78. The van der Waals surface area contributed by atoms with E-state index in [1.807, 2.05) is 36.4 Å². The molecule has 0 fully saturated rings. The fourth-order valence-electron chi connectivity index (χ4n) is 2.75. The Bertz CT molecular complexity index is 835. The molecular weight excluding hydrogens is 348 g/mol. The molecule has 0 aliphatic carbocycles. The quantitative estimate of drug-likeness (QED) is 0.313. The van der Waals surface area contributed by atoms with Crippen LogP contribution in [-0.4, -0.2) is 23.7 Å². The highest BCUT2D eigenvalue weighted by molar-refractivity contribution is 8.17. The molecule has 2 rings (SSSR count). The van der Waals surface area contributed by atoms with E-state index in [9.17, 15) is 0 Å². The maximum absolute atomic E-state index is 4.84. The molecule has 0 saturated heterocycles. The van der Waals surface area contributed by atoms with Gasteiger partial charge in [-0.05, 0) is 67.7 Å². The molecular formula is C24H30N2S. The summed E-state index contributed by atoms with van der Waals surface area (Å²) in [6.45, 7) is 13.6. The number of allylic oxidation sites excluding steroid dienone is 1.